The van der Waals surface area contributed by atoms with E-state index in [0.29, 0.717) is 12.3 Å². The average Bonchev–Trinajstić information content (AvgIpc) is 2.76. The van der Waals surface area contributed by atoms with Crippen molar-refractivity contribution in [2.75, 3.05) is 12.4 Å². The van der Waals surface area contributed by atoms with Crippen LogP contribution in [0.25, 0.3) is 0 Å². The number of thiazole rings is 1. The fourth-order valence-electron chi connectivity index (χ4n) is 1.79. The summed E-state index contributed by atoms with van der Waals surface area (Å²) in [5.41, 5.74) is 2.14. The van der Waals surface area contributed by atoms with Gasteiger partial charge in [-0.25, -0.2) is 15.0 Å². The molecule has 0 amide bonds. The number of nitrogens with zero attached hydrogens (tertiary/aromatic N) is 3. The molecular weight excluding hydrogens is 371 g/mol. The smallest absolute Gasteiger partial charge is 0.143 e. The monoisotopic (exact) mass is 388 g/mol. The van der Waals surface area contributed by atoms with Crippen LogP contribution in [0.3, 0.4) is 0 Å². The van der Waals surface area contributed by atoms with Crippen molar-refractivity contribution >= 4 is 39.7 Å². The van der Waals surface area contributed by atoms with Gasteiger partial charge in [0.1, 0.15) is 11.6 Å². The van der Waals surface area contributed by atoms with Crippen molar-refractivity contribution < 1.29 is 0 Å². The Morgan fingerprint density at radius 1 is 1.32 bits per heavy atom. The molecule has 0 unspecified atom stereocenters. The van der Waals surface area contributed by atoms with Gasteiger partial charge in [-0.15, -0.1) is 11.3 Å². The predicted octanol–water partition coefficient (Wildman–Crippen LogP) is 3.60. The Bertz CT molecular complexity index is 580. The summed E-state index contributed by atoms with van der Waals surface area (Å²) < 4.78 is 1.10. The topological polar surface area (TPSA) is 50.7 Å². The minimum atomic E-state index is 0.387. The molecule has 0 aromatic carbocycles. The first-order valence-electron chi connectivity index (χ1n) is 6.16. The molecule has 102 valence electrons. The van der Waals surface area contributed by atoms with Gasteiger partial charge in [0.05, 0.1) is 26.4 Å². The highest BCUT2D eigenvalue weighted by molar-refractivity contribution is 14.1. The maximum Gasteiger partial charge on any atom is 0.143 e. The molecule has 0 aliphatic rings. The second kappa shape index (κ2) is 6.13. The third-order valence-electron chi connectivity index (χ3n) is 2.71. The molecule has 0 atom stereocenters. The molecule has 2 aromatic rings. The lowest BCUT2D eigenvalue weighted by molar-refractivity contribution is 0.782. The molecule has 4 nitrogen and oxygen atoms in total. The highest BCUT2D eigenvalue weighted by Gasteiger charge is 2.14. The lowest BCUT2D eigenvalue weighted by Crippen LogP contribution is -2.09. The zero-order valence-corrected chi connectivity index (χ0v) is 14.5. The molecule has 0 bridgehead atoms. The van der Waals surface area contributed by atoms with Crippen LogP contribution in [-0.4, -0.2) is 22.0 Å². The summed E-state index contributed by atoms with van der Waals surface area (Å²) in [6.45, 7) is 6.32. The molecule has 0 radical (unpaired) electrons. The van der Waals surface area contributed by atoms with Crippen LogP contribution >= 0.6 is 33.9 Å². The van der Waals surface area contributed by atoms with Gasteiger partial charge in [-0.1, -0.05) is 13.8 Å². The summed E-state index contributed by atoms with van der Waals surface area (Å²) in [6.07, 6.45) is 0.690. The van der Waals surface area contributed by atoms with E-state index in [0.717, 1.165) is 31.6 Å². The van der Waals surface area contributed by atoms with Gasteiger partial charge in [-0.05, 0) is 35.4 Å². The predicted molar refractivity (Wildman–Crippen MR) is 88.0 cm³/mol. The Balaban J connectivity index is 2.37. The zero-order valence-electron chi connectivity index (χ0n) is 11.5. The molecule has 0 fully saturated rings. The number of aryl methyl sites for hydroxylation is 1. The van der Waals surface area contributed by atoms with Crippen molar-refractivity contribution in [1.29, 1.82) is 0 Å². The van der Waals surface area contributed by atoms with Crippen molar-refractivity contribution in [3.8, 4) is 0 Å². The van der Waals surface area contributed by atoms with Crippen LogP contribution in [0, 0.1) is 10.5 Å². The molecule has 2 aromatic heterocycles. The van der Waals surface area contributed by atoms with Crippen molar-refractivity contribution in [3.05, 3.63) is 31.2 Å². The van der Waals surface area contributed by atoms with Crippen LogP contribution in [-0.2, 0) is 6.42 Å². The standard InChI is InChI=1S/C13H17IN4S/c1-7(2)12-11(14)13(15-4)18-10(17-12)5-9-6-19-8(3)16-9/h6-7H,5H2,1-4H3,(H,15,17,18). The maximum absolute atomic E-state index is 4.69. The molecule has 0 aliphatic carbocycles. The van der Waals surface area contributed by atoms with Crippen LogP contribution in [0.15, 0.2) is 5.38 Å². The molecule has 0 aliphatic heterocycles. The van der Waals surface area contributed by atoms with Crippen molar-refractivity contribution in [1.82, 2.24) is 15.0 Å². The maximum atomic E-state index is 4.69. The van der Waals surface area contributed by atoms with E-state index in [9.17, 15) is 0 Å². The zero-order chi connectivity index (χ0) is 14.0. The summed E-state index contributed by atoms with van der Waals surface area (Å²) in [5, 5.41) is 6.30. The third kappa shape index (κ3) is 3.42. The van der Waals surface area contributed by atoms with E-state index in [1.165, 1.54) is 0 Å². The van der Waals surface area contributed by atoms with Crippen LogP contribution in [0.2, 0.25) is 0 Å². The molecule has 0 saturated heterocycles. The summed E-state index contributed by atoms with van der Waals surface area (Å²) >= 11 is 3.97. The van der Waals surface area contributed by atoms with Crippen molar-refractivity contribution in [2.24, 2.45) is 0 Å². The number of anilines is 1. The molecule has 2 rings (SSSR count). The lowest BCUT2D eigenvalue weighted by atomic mass is 10.1. The Morgan fingerprint density at radius 2 is 2.05 bits per heavy atom. The van der Waals surface area contributed by atoms with Gasteiger partial charge < -0.3 is 5.32 Å². The molecule has 19 heavy (non-hydrogen) atoms. The first kappa shape index (κ1) is 14.6. The summed E-state index contributed by atoms with van der Waals surface area (Å²) in [4.78, 5) is 13.7. The summed E-state index contributed by atoms with van der Waals surface area (Å²) in [5.74, 6) is 2.12. The van der Waals surface area contributed by atoms with E-state index < -0.39 is 0 Å². The lowest BCUT2D eigenvalue weighted by Gasteiger charge is -2.13. The van der Waals surface area contributed by atoms with Crippen molar-refractivity contribution in [2.45, 2.75) is 33.1 Å². The van der Waals surface area contributed by atoms with Gasteiger partial charge in [0.15, 0.2) is 0 Å². The number of hydrogen-bond acceptors (Lipinski definition) is 5. The Kier molecular flexibility index (Phi) is 4.72. The van der Waals surface area contributed by atoms with E-state index in [2.05, 4.69) is 57.1 Å². The van der Waals surface area contributed by atoms with E-state index >= 15 is 0 Å². The number of rotatable bonds is 4. The second-order valence-corrected chi connectivity index (χ2v) is 6.77. The first-order valence-corrected chi connectivity index (χ1v) is 8.12. The molecule has 0 saturated carbocycles. The Hall–Kier alpha value is -0.760. The third-order valence-corrected chi connectivity index (χ3v) is 4.60. The SMILES string of the molecule is CNc1nc(Cc2csc(C)n2)nc(C(C)C)c1I. The minimum absolute atomic E-state index is 0.387. The van der Waals surface area contributed by atoms with Gasteiger partial charge >= 0.3 is 0 Å². The molecular formula is C13H17IN4S. The molecule has 6 heteroatoms. The van der Waals surface area contributed by atoms with Crippen LogP contribution in [0.5, 0.6) is 0 Å². The number of nitrogens with one attached hydrogen (secondary N) is 1. The highest BCUT2D eigenvalue weighted by atomic mass is 127. The first-order chi connectivity index (χ1) is 9.01. The molecule has 2 heterocycles. The Morgan fingerprint density at radius 3 is 2.58 bits per heavy atom. The largest absolute Gasteiger partial charge is 0.372 e. The fourth-order valence-corrected chi connectivity index (χ4v) is 3.54. The summed E-state index contributed by atoms with van der Waals surface area (Å²) in [6, 6.07) is 0. The summed E-state index contributed by atoms with van der Waals surface area (Å²) in [7, 11) is 1.89. The van der Waals surface area contributed by atoms with Crippen molar-refractivity contribution in [3.63, 3.8) is 0 Å². The van der Waals surface area contributed by atoms with Crippen LogP contribution in [0.1, 0.15) is 42.0 Å². The molecule has 0 spiro atoms. The number of aromatic nitrogens is 3. The van der Waals surface area contributed by atoms with E-state index in [1.807, 2.05) is 14.0 Å². The van der Waals surface area contributed by atoms with E-state index in [-0.39, 0.29) is 0 Å². The normalized spacial score (nSPS) is 11.1. The molecule has 1 N–H and O–H groups in total. The van der Waals surface area contributed by atoms with E-state index in [4.69, 9.17) is 4.98 Å². The van der Waals surface area contributed by atoms with Gasteiger partial charge in [0.2, 0.25) is 0 Å². The van der Waals surface area contributed by atoms with Crippen LogP contribution in [0.4, 0.5) is 5.82 Å². The minimum Gasteiger partial charge on any atom is -0.372 e. The second-order valence-electron chi connectivity index (χ2n) is 4.63. The fraction of sp³-hybridized carbons (Fsp3) is 0.462. The number of hydrogen-bond donors (Lipinski definition) is 1. The van der Waals surface area contributed by atoms with Gasteiger partial charge in [0, 0.05) is 12.4 Å². The van der Waals surface area contributed by atoms with Gasteiger partial charge in [-0.2, -0.15) is 0 Å². The van der Waals surface area contributed by atoms with E-state index in [1.54, 1.807) is 11.3 Å². The highest BCUT2D eigenvalue weighted by Crippen LogP contribution is 2.25. The van der Waals surface area contributed by atoms with Gasteiger partial charge in [0.25, 0.3) is 0 Å². The quantitative estimate of drug-likeness (QED) is 0.814. The van der Waals surface area contributed by atoms with Gasteiger partial charge in [-0.3, -0.25) is 0 Å². The average molecular weight is 388 g/mol. The Labute approximate surface area is 131 Å². The van der Waals surface area contributed by atoms with Crippen LogP contribution < -0.4 is 5.32 Å². The number of halogens is 1.